The molecule has 0 spiro atoms. The summed E-state index contributed by atoms with van der Waals surface area (Å²) in [6.45, 7) is 2.33. The van der Waals surface area contributed by atoms with E-state index in [-0.39, 0.29) is 11.8 Å². The molecule has 24 heavy (non-hydrogen) atoms. The lowest BCUT2D eigenvalue weighted by Crippen LogP contribution is -2.30. The Kier molecular flexibility index (Phi) is 6.81. The van der Waals surface area contributed by atoms with Crippen molar-refractivity contribution >= 4 is 34.9 Å². The molecule has 5 nitrogen and oxygen atoms in total. The number of amides is 2. The smallest absolute Gasteiger partial charge is 0.251 e. The highest BCUT2D eigenvalue weighted by molar-refractivity contribution is 8.00. The Hall–Kier alpha value is -1.86. The van der Waals surface area contributed by atoms with Crippen LogP contribution in [-0.2, 0) is 10.5 Å². The molecule has 2 rings (SSSR count). The van der Waals surface area contributed by atoms with Gasteiger partial charge in [0.2, 0.25) is 5.91 Å². The highest BCUT2D eigenvalue weighted by Gasteiger charge is 2.08. The summed E-state index contributed by atoms with van der Waals surface area (Å²) >= 11 is 3.34. The number of aromatic nitrogens is 1. The third-order valence-corrected chi connectivity index (χ3v) is 5.51. The molecule has 128 valence electrons. The third-order valence-electron chi connectivity index (χ3n) is 3.30. The number of benzene rings is 1. The Balaban J connectivity index is 1.80. The first-order valence-electron chi connectivity index (χ1n) is 7.58. The van der Waals surface area contributed by atoms with Crippen LogP contribution in [0.3, 0.4) is 0 Å². The number of hydrogen-bond acceptors (Lipinski definition) is 5. The number of rotatable bonds is 7. The molecule has 0 aliphatic rings. The first kappa shape index (κ1) is 18.5. The summed E-state index contributed by atoms with van der Waals surface area (Å²) in [7, 11) is 3.40. The van der Waals surface area contributed by atoms with Gasteiger partial charge < -0.3 is 10.2 Å². The highest BCUT2D eigenvalue weighted by atomic mass is 32.2. The van der Waals surface area contributed by atoms with Crippen molar-refractivity contribution in [2.45, 2.75) is 23.4 Å². The molecule has 1 aromatic carbocycles. The molecule has 0 fully saturated rings. The summed E-state index contributed by atoms with van der Waals surface area (Å²) in [4.78, 5) is 29.4. The average Bonchev–Trinajstić information content (AvgIpc) is 2.98. The van der Waals surface area contributed by atoms with Crippen molar-refractivity contribution in [3.8, 4) is 0 Å². The van der Waals surface area contributed by atoms with Crippen molar-refractivity contribution in [1.82, 2.24) is 15.2 Å². The summed E-state index contributed by atoms with van der Waals surface area (Å²) in [6, 6.07) is 7.53. The summed E-state index contributed by atoms with van der Waals surface area (Å²) in [6.07, 6.45) is 0.306. The van der Waals surface area contributed by atoms with E-state index in [9.17, 15) is 9.59 Å². The van der Waals surface area contributed by atoms with Gasteiger partial charge in [-0.25, -0.2) is 4.98 Å². The second-order valence-electron chi connectivity index (χ2n) is 5.53. The summed E-state index contributed by atoms with van der Waals surface area (Å²) < 4.78 is 1.06. The Bertz CT molecular complexity index is 696. The molecular weight excluding hydrogens is 342 g/mol. The normalized spacial score (nSPS) is 10.5. The Labute approximate surface area is 150 Å². The standard InChI is InChI=1S/C17H21N3O2S2/c1-12-10-23-17(19-12)24-11-13-4-6-14(7-5-13)16(22)18-9-8-15(21)20(2)3/h4-7,10H,8-9,11H2,1-3H3,(H,18,22). The minimum Gasteiger partial charge on any atom is -0.352 e. The van der Waals surface area contributed by atoms with Crippen LogP contribution in [0.2, 0.25) is 0 Å². The topological polar surface area (TPSA) is 62.3 Å². The molecule has 1 N–H and O–H groups in total. The SMILES string of the molecule is Cc1csc(SCc2ccc(C(=O)NCCC(=O)N(C)C)cc2)n1. The monoisotopic (exact) mass is 363 g/mol. The fraction of sp³-hybridized carbons (Fsp3) is 0.353. The van der Waals surface area contributed by atoms with E-state index in [1.807, 2.05) is 36.6 Å². The van der Waals surface area contributed by atoms with Crippen LogP contribution in [0.5, 0.6) is 0 Å². The van der Waals surface area contributed by atoms with Crippen molar-refractivity contribution in [3.05, 3.63) is 46.5 Å². The van der Waals surface area contributed by atoms with Crippen molar-refractivity contribution in [1.29, 1.82) is 0 Å². The molecule has 1 heterocycles. The molecular formula is C17H21N3O2S2. The van der Waals surface area contributed by atoms with Crippen LogP contribution in [0.4, 0.5) is 0 Å². The lowest BCUT2D eigenvalue weighted by molar-refractivity contribution is -0.128. The molecule has 0 saturated heterocycles. The predicted octanol–water partition coefficient (Wildman–Crippen LogP) is 2.95. The largest absolute Gasteiger partial charge is 0.352 e. The Morgan fingerprint density at radius 1 is 1.25 bits per heavy atom. The summed E-state index contributed by atoms with van der Waals surface area (Å²) in [5, 5.41) is 4.80. The number of nitrogens with one attached hydrogen (secondary N) is 1. The molecule has 1 aromatic heterocycles. The molecule has 0 radical (unpaired) electrons. The van der Waals surface area contributed by atoms with Gasteiger partial charge in [0.25, 0.3) is 5.91 Å². The van der Waals surface area contributed by atoms with E-state index in [1.165, 1.54) is 4.90 Å². The lowest BCUT2D eigenvalue weighted by Gasteiger charge is -2.10. The number of thiazole rings is 1. The van der Waals surface area contributed by atoms with Crippen LogP contribution in [0, 0.1) is 6.92 Å². The van der Waals surface area contributed by atoms with Gasteiger partial charge in [0.15, 0.2) is 0 Å². The van der Waals surface area contributed by atoms with Crippen LogP contribution >= 0.6 is 23.1 Å². The quantitative estimate of drug-likeness (QED) is 0.768. The molecule has 0 aliphatic carbocycles. The summed E-state index contributed by atoms with van der Waals surface area (Å²) in [5.74, 6) is 0.669. The maximum atomic E-state index is 12.0. The van der Waals surface area contributed by atoms with Crippen LogP contribution in [-0.4, -0.2) is 42.3 Å². The van der Waals surface area contributed by atoms with Crippen molar-refractivity contribution in [2.75, 3.05) is 20.6 Å². The predicted molar refractivity (Wildman–Crippen MR) is 98.5 cm³/mol. The van der Waals surface area contributed by atoms with Crippen LogP contribution < -0.4 is 5.32 Å². The Morgan fingerprint density at radius 2 is 1.96 bits per heavy atom. The van der Waals surface area contributed by atoms with Gasteiger partial charge in [-0.1, -0.05) is 23.9 Å². The van der Waals surface area contributed by atoms with Crippen molar-refractivity contribution in [2.24, 2.45) is 0 Å². The second kappa shape index (κ2) is 8.84. The van der Waals surface area contributed by atoms with Gasteiger partial charge in [-0.05, 0) is 24.6 Å². The van der Waals surface area contributed by atoms with Gasteiger partial charge in [0.1, 0.15) is 4.34 Å². The number of aryl methyl sites for hydroxylation is 1. The van der Waals surface area contributed by atoms with E-state index in [1.54, 1.807) is 37.2 Å². The molecule has 0 saturated carbocycles. The molecule has 0 aliphatic heterocycles. The van der Waals surface area contributed by atoms with E-state index in [0.717, 1.165) is 21.3 Å². The van der Waals surface area contributed by atoms with E-state index in [2.05, 4.69) is 10.3 Å². The molecule has 2 aromatic rings. The Morgan fingerprint density at radius 3 is 2.54 bits per heavy atom. The van der Waals surface area contributed by atoms with Crippen LogP contribution in [0.25, 0.3) is 0 Å². The van der Waals surface area contributed by atoms with E-state index >= 15 is 0 Å². The zero-order valence-electron chi connectivity index (χ0n) is 14.0. The van der Waals surface area contributed by atoms with Crippen molar-refractivity contribution < 1.29 is 9.59 Å². The number of carbonyl (C=O) groups excluding carboxylic acids is 2. The maximum absolute atomic E-state index is 12.0. The minimum atomic E-state index is -0.156. The number of thioether (sulfide) groups is 1. The highest BCUT2D eigenvalue weighted by Crippen LogP contribution is 2.26. The van der Waals surface area contributed by atoms with Crippen LogP contribution in [0.1, 0.15) is 28.0 Å². The number of nitrogens with zero attached hydrogens (tertiary/aromatic N) is 2. The van der Waals surface area contributed by atoms with Gasteiger partial charge >= 0.3 is 0 Å². The molecule has 0 atom stereocenters. The van der Waals surface area contributed by atoms with Crippen LogP contribution in [0.15, 0.2) is 34.0 Å². The first-order valence-corrected chi connectivity index (χ1v) is 9.44. The number of carbonyl (C=O) groups is 2. The maximum Gasteiger partial charge on any atom is 0.251 e. The van der Waals surface area contributed by atoms with E-state index < -0.39 is 0 Å². The van der Waals surface area contributed by atoms with E-state index in [0.29, 0.717) is 18.5 Å². The van der Waals surface area contributed by atoms with Gasteiger partial charge in [-0.15, -0.1) is 11.3 Å². The molecule has 0 bridgehead atoms. The molecule has 7 heteroatoms. The minimum absolute atomic E-state index is 0.0000889. The van der Waals surface area contributed by atoms with Gasteiger partial charge in [-0.3, -0.25) is 9.59 Å². The van der Waals surface area contributed by atoms with Gasteiger partial charge in [0, 0.05) is 49.5 Å². The fourth-order valence-electron chi connectivity index (χ4n) is 1.90. The fourth-order valence-corrected chi connectivity index (χ4v) is 3.71. The molecule has 0 unspecified atom stereocenters. The zero-order valence-corrected chi connectivity index (χ0v) is 15.7. The number of hydrogen-bond donors (Lipinski definition) is 1. The molecule has 2 amide bonds. The van der Waals surface area contributed by atoms with Gasteiger partial charge in [0.05, 0.1) is 0 Å². The van der Waals surface area contributed by atoms with E-state index in [4.69, 9.17) is 0 Å². The second-order valence-corrected chi connectivity index (χ2v) is 7.62. The van der Waals surface area contributed by atoms with Gasteiger partial charge in [-0.2, -0.15) is 0 Å². The average molecular weight is 364 g/mol. The van der Waals surface area contributed by atoms with Crippen molar-refractivity contribution in [3.63, 3.8) is 0 Å². The zero-order chi connectivity index (χ0) is 17.5. The summed E-state index contributed by atoms with van der Waals surface area (Å²) in [5.41, 5.74) is 2.79. The third kappa shape index (κ3) is 5.65. The first-order chi connectivity index (χ1) is 11.5. The lowest BCUT2D eigenvalue weighted by atomic mass is 10.1.